The van der Waals surface area contributed by atoms with Crippen LogP contribution in [0.3, 0.4) is 0 Å². The second-order valence-electron chi connectivity index (χ2n) is 3.29. The fourth-order valence-corrected chi connectivity index (χ4v) is 1.86. The van der Waals surface area contributed by atoms with E-state index in [1.807, 2.05) is 0 Å². The van der Waals surface area contributed by atoms with Crippen LogP contribution >= 0.6 is 15.9 Å². The normalized spacial score (nSPS) is 11.3. The zero-order valence-electron chi connectivity index (χ0n) is 8.61. The van der Waals surface area contributed by atoms with E-state index in [4.69, 9.17) is 5.26 Å². The third kappa shape index (κ3) is 2.36. The van der Waals surface area contributed by atoms with E-state index in [0.717, 1.165) is 12.1 Å². The predicted octanol–water partition coefficient (Wildman–Crippen LogP) is 2.92. The standard InChI is InChI=1S/C10H4BrF3N4/c11-7-3-6(10(12,13)14)1-2-8(7)18-5-16-9(4-15)17-18/h1-3,5H. The van der Waals surface area contributed by atoms with Gasteiger partial charge in [0.25, 0.3) is 5.82 Å². The Hall–Kier alpha value is -1.88. The summed E-state index contributed by atoms with van der Waals surface area (Å²) in [4.78, 5) is 3.67. The van der Waals surface area contributed by atoms with Gasteiger partial charge >= 0.3 is 6.18 Å². The van der Waals surface area contributed by atoms with E-state index >= 15 is 0 Å². The first-order valence-electron chi connectivity index (χ1n) is 4.60. The molecule has 0 saturated carbocycles. The number of hydrogen-bond donors (Lipinski definition) is 0. The van der Waals surface area contributed by atoms with Gasteiger partial charge in [-0.3, -0.25) is 0 Å². The highest BCUT2D eigenvalue weighted by Gasteiger charge is 2.30. The van der Waals surface area contributed by atoms with Gasteiger partial charge in [0.2, 0.25) is 0 Å². The molecular weight excluding hydrogens is 313 g/mol. The number of nitrogens with zero attached hydrogens (tertiary/aromatic N) is 4. The quantitative estimate of drug-likeness (QED) is 0.812. The largest absolute Gasteiger partial charge is 0.416 e. The van der Waals surface area contributed by atoms with Crippen molar-refractivity contribution in [2.24, 2.45) is 0 Å². The molecule has 0 aliphatic carbocycles. The minimum absolute atomic E-state index is 0.0539. The number of rotatable bonds is 1. The number of alkyl halides is 3. The molecule has 0 fully saturated rings. The average molecular weight is 317 g/mol. The molecule has 0 bridgehead atoms. The average Bonchev–Trinajstić information content (AvgIpc) is 2.76. The maximum Gasteiger partial charge on any atom is 0.416 e. The van der Waals surface area contributed by atoms with Crippen LogP contribution in [0.25, 0.3) is 5.69 Å². The number of halogens is 4. The topological polar surface area (TPSA) is 54.5 Å². The third-order valence-electron chi connectivity index (χ3n) is 2.11. The number of benzene rings is 1. The van der Waals surface area contributed by atoms with Crippen molar-refractivity contribution in [3.05, 3.63) is 40.4 Å². The Kier molecular flexibility index (Phi) is 3.09. The smallest absolute Gasteiger partial charge is 0.219 e. The highest BCUT2D eigenvalue weighted by Crippen LogP contribution is 2.33. The monoisotopic (exact) mass is 316 g/mol. The summed E-state index contributed by atoms with van der Waals surface area (Å²) in [6.45, 7) is 0. The molecule has 0 radical (unpaired) electrons. The lowest BCUT2D eigenvalue weighted by Crippen LogP contribution is -2.06. The van der Waals surface area contributed by atoms with Gasteiger partial charge in [0, 0.05) is 4.47 Å². The predicted molar refractivity (Wildman–Crippen MR) is 58.8 cm³/mol. The second-order valence-corrected chi connectivity index (χ2v) is 4.14. The molecule has 18 heavy (non-hydrogen) atoms. The molecule has 2 aromatic rings. The van der Waals surface area contributed by atoms with E-state index in [1.165, 1.54) is 17.1 Å². The van der Waals surface area contributed by atoms with E-state index in [-0.39, 0.29) is 10.3 Å². The van der Waals surface area contributed by atoms with Gasteiger partial charge in [-0.05, 0) is 34.1 Å². The summed E-state index contributed by atoms with van der Waals surface area (Å²) >= 11 is 3.04. The van der Waals surface area contributed by atoms with Gasteiger partial charge in [-0.25, -0.2) is 9.67 Å². The third-order valence-corrected chi connectivity index (χ3v) is 2.75. The van der Waals surface area contributed by atoms with Crippen LogP contribution in [0.15, 0.2) is 29.0 Å². The van der Waals surface area contributed by atoms with Gasteiger partial charge in [0.05, 0.1) is 11.3 Å². The van der Waals surface area contributed by atoms with Gasteiger partial charge in [-0.1, -0.05) is 0 Å². The summed E-state index contributed by atoms with van der Waals surface area (Å²) < 4.78 is 38.8. The molecule has 0 N–H and O–H groups in total. The van der Waals surface area contributed by atoms with Crippen LogP contribution in [-0.4, -0.2) is 14.8 Å². The van der Waals surface area contributed by atoms with E-state index in [1.54, 1.807) is 6.07 Å². The lowest BCUT2D eigenvalue weighted by atomic mass is 10.2. The fourth-order valence-electron chi connectivity index (χ4n) is 1.30. The summed E-state index contributed by atoms with van der Waals surface area (Å²) in [6, 6.07) is 4.87. The first-order chi connectivity index (χ1) is 8.41. The van der Waals surface area contributed by atoms with Crippen molar-refractivity contribution in [2.75, 3.05) is 0 Å². The van der Waals surface area contributed by atoms with Crippen LogP contribution in [0.1, 0.15) is 11.4 Å². The summed E-state index contributed by atoms with van der Waals surface area (Å²) in [6.07, 6.45) is -3.15. The molecule has 0 unspecified atom stereocenters. The van der Waals surface area contributed by atoms with E-state index < -0.39 is 11.7 Å². The maximum absolute atomic E-state index is 12.5. The Balaban J connectivity index is 2.45. The number of hydrogen-bond acceptors (Lipinski definition) is 3. The molecule has 0 saturated heterocycles. The Bertz CT molecular complexity index is 627. The molecule has 0 amide bonds. The maximum atomic E-state index is 12.5. The Labute approximate surface area is 108 Å². The van der Waals surface area contributed by atoms with Gasteiger partial charge < -0.3 is 0 Å². The van der Waals surface area contributed by atoms with Crippen LogP contribution in [0, 0.1) is 11.3 Å². The molecule has 0 aliphatic heterocycles. The van der Waals surface area contributed by atoms with Crippen molar-refractivity contribution < 1.29 is 13.2 Å². The van der Waals surface area contributed by atoms with Gasteiger partial charge in [-0.15, -0.1) is 5.10 Å². The highest BCUT2D eigenvalue weighted by atomic mass is 79.9. The second kappa shape index (κ2) is 4.42. The zero-order chi connectivity index (χ0) is 13.3. The first-order valence-corrected chi connectivity index (χ1v) is 5.40. The Morgan fingerprint density at radius 2 is 2.06 bits per heavy atom. The van der Waals surface area contributed by atoms with E-state index in [2.05, 4.69) is 26.0 Å². The van der Waals surface area contributed by atoms with Crippen molar-refractivity contribution in [3.63, 3.8) is 0 Å². The zero-order valence-corrected chi connectivity index (χ0v) is 10.2. The Morgan fingerprint density at radius 3 is 2.56 bits per heavy atom. The molecule has 0 aliphatic rings. The SMILES string of the molecule is N#Cc1ncn(-c2ccc(C(F)(F)F)cc2Br)n1. The highest BCUT2D eigenvalue weighted by molar-refractivity contribution is 9.10. The summed E-state index contributed by atoms with van der Waals surface area (Å²) in [7, 11) is 0. The molecule has 8 heteroatoms. The number of aromatic nitrogens is 3. The number of nitriles is 1. The molecule has 1 aromatic carbocycles. The molecule has 4 nitrogen and oxygen atoms in total. The van der Waals surface area contributed by atoms with E-state index in [9.17, 15) is 13.2 Å². The van der Waals surface area contributed by atoms with Crippen LogP contribution in [0.2, 0.25) is 0 Å². The van der Waals surface area contributed by atoms with Crippen molar-refractivity contribution >= 4 is 15.9 Å². The summed E-state index contributed by atoms with van der Waals surface area (Å²) in [5.74, 6) is -0.0539. The molecule has 0 atom stereocenters. The van der Waals surface area contributed by atoms with E-state index in [0.29, 0.717) is 5.69 Å². The molecule has 92 valence electrons. The summed E-state index contributed by atoms with van der Waals surface area (Å²) in [5.41, 5.74) is -0.393. The fraction of sp³-hybridized carbons (Fsp3) is 0.100. The van der Waals surface area contributed by atoms with Crippen molar-refractivity contribution in [1.29, 1.82) is 5.26 Å². The van der Waals surface area contributed by atoms with Gasteiger partial charge in [-0.2, -0.15) is 18.4 Å². The Morgan fingerprint density at radius 1 is 1.33 bits per heavy atom. The van der Waals surface area contributed by atoms with Crippen LogP contribution < -0.4 is 0 Å². The van der Waals surface area contributed by atoms with Crippen molar-refractivity contribution in [3.8, 4) is 11.8 Å². The molecule has 2 rings (SSSR count). The molecule has 0 spiro atoms. The minimum Gasteiger partial charge on any atom is -0.219 e. The first kappa shape index (κ1) is 12.6. The lowest BCUT2D eigenvalue weighted by molar-refractivity contribution is -0.137. The molecular formula is C10H4BrF3N4. The van der Waals surface area contributed by atoms with Crippen LogP contribution in [-0.2, 0) is 6.18 Å². The minimum atomic E-state index is -4.40. The molecule has 1 heterocycles. The lowest BCUT2D eigenvalue weighted by Gasteiger charge is -2.09. The van der Waals surface area contributed by atoms with Gasteiger partial charge in [0.15, 0.2) is 0 Å². The van der Waals surface area contributed by atoms with Crippen molar-refractivity contribution in [2.45, 2.75) is 6.18 Å². The van der Waals surface area contributed by atoms with Gasteiger partial charge in [0.1, 0.15) is 12.4 Å². The van der Waals surface area contributed by atoms with Crippen LogP contribution in [0.4, 0.5) is 13.2 Å². The summed E-state index contributed by atoms with van der Waals surface area (Å²) in [5, 5.41) is 12.4. The van der Waals surface area contributed by atoms with Crippen molar-refractivity contribution in [1.82, 2.24) is 14.8 Å². The molecule has 1 aromatic heterocycles. The van der Waals surface area contributed by atoms with Crippen LogP contribution in [0.5, 0.6) is 0 Å².